The molecule has 0 spiro atoms. The van der Waals surface area contributed by atoms with Gasteiger partial charge in [-0.2, -0.15) is 0 Å². The first kappa shape index (κ1) is 12.2. The monoisotopic (exact) mass is 249 g/mol. The Morgan fingerprint density at radius 3 is 3.00 bits per heavy atom. The third kappa shape index (κ3) is 2.37. The Kier molecular flexibility index (Phi) is 3.36. The molecule has 6 heteroatoms. The molecular formula is C12H15N3O3. The average molecular weight is 249 g/mol. The zero-order chi connectivity index (χ0) is 13.1. The lowest BCUT2D eigenvalue weighted by molar-refractivity contribution is -0.120. The number of nitrogens with zero attached hydrogens (tertiary/aromatic N) is 1. The van der Waals surface area contributed by atoms with Crippen LogP contribution in [0.2, 0.25) is 0 Å². The predicted octanol–water partition coefficient (Wildman–Crippen LogP) is 0.703. The van der Waals surface area contributed by atoms with Crippen molar-refractivity contribution in [2.24, 2.45) is 0 Å². The van der Waals surface area contributed by atoms with Gasteiger partial charge in [0.15, 0.2) is 5.58 Å². The summed E-state index contributed by atoms with van der Waals surface area (Å²) >= 11 is 0. The van der Waals surface area contributed by atoms with Crippen LogP contribution in [-0.4, -0.2) is 17.5 Å². The molecule has 1 heterocycles. The molecule has 3 N–H and O–H groups in total. The molecule has 0 aliphatic heterocycles. The van der Waals surface area contributed by atoms with Crippen molar-refractivity contribution in [1.29, 1.82) is 0 Å². The molecule has 0 radical (unpaired) electrons. The van der Waals surface area contributed by atoms with Gasteiger partial charge in [0.1, 0.15) is 0 Å². The lowest BCUT2D eigenvalue weighted by Crippen LogP contribution is -2.19. The molecule has 0 fully saturated rings. The fourth-order valence-corrected chi connectivity index (χ4v) is 1.82. The quantitative estimate of drug-likeness (QED) is 0.780. The van der Waals surface area contributed by atoms with Crippen LogP contribution < -0.4 is 16.8 Å². The summed E-state index contributed by atoms with van der Waals surface area (Å²) in [5.41, 5.74) is 7.34. The molecule has 2 aromatic rings. The van der Waals surface area contributed by atoms with Gasteiger partial charge in [0.05, 0.1) is 5.52 Å². The van der Waals surface area contributed by atoms with Gasteiger partial charge in [-0.1, -0.05) is 0 Å². The number of nitrogens with two attached hydrogens (primary N) is 1. The number of aryl methyl sites for hydroxylation is 1. The molecule has 1 aromatic carbocycles. The first-order chi connectivity index (χ1) is 8.61. The van der Waals surface area contributed by atoms with Crippen molar-refractivity contribution in [3.8, 4) is 0 Å². The number of carbonyl (C=O) groups excluding carboxylic acids is 1. The van der Waals surface area contributed by atoms with Crippen molar-refractivity contribution in [1.82, 2.24) is 9.88 Å². The van der Waals surface area contributed by atoms with Crippen LogP contribution in [0.25, 0.3) is 11.1 Å². The molecule has 0 unspecified atom stereocenters. The number of amides is 1. The summed E-state index contributed by atoms with van der Waals surface area (Å²) in [6, 6.07) is 5.08. The highest BCUT2D eigenvalue weighted by Gasteiger charge is 2.09. The van der Waals surface area contributed by atoms with Crippen molar-refractivity contribution in [2.75, 3.05) is 12.8 Å². The normalized spacial score (nSPS) is 10.7. The molecule has 0 aliphatic carbocycles. The van der Waals surface area contributed by atoms with Crippen molar-refractivity contribution < 1.29 is 9.21 Å². The minimum Gasteiger partial charge on any atom is -0.408 e. The van der Waals surface area contributed by atoms with Crippen LogP contribution in [0.3, 0.4) is 0 Å². The fourth-order valence-electron chi connectivity index (χ4n) is 1.82. The lowest BCUT2D eigenvalue weighted by Gasteiger charge is -2.02. The molecule has 0 saturated heterocycles. The van der Waals surface area contributed by atoms with Gasteiger partial charge < -0.3 is 15.5 Å². The van der Waals surface area contributed by atoms with E-state index in [0.717, 1.165) is 0 Å². The summed E-state index contributed by atoms with van der Waals surface area (Å²) in [4.78, 5) is 22.7. The number of nitrogen functional groups attached to an aromatic ring is 1. The van der Waals surface area contributed by atoms with E-state index < -0.39 is 5.76 Å². The molecule has 96 valence electrons. The summed E-state index contributed by atoms with van der Waals surface area (Å²) in [6.45, 7) is 0.448. The summed E-state index contributed by atoms with van der Waals surface area (Å²) in [7, 11) is 1.59. The van der Waals surface area contributed by atoms with E-state index in [4.69, 9.17) is 10.2 Å². The summed E-state index contributed by atoms with van der Waals surface area (Å²) in [5, 5.41) is 2.54. The third-order valence-electron chi connectivity index (χ3n) is 2.76. The molecule has 1 amide bonds. The van der Waals surface area contributed by atoms with Crippen LogP contribution in [0.1, 0.15) is 12.8 Å². The molecular weight excluding hydrogens is 234 g/mol. The Labute approximate surface area is 103 Å². The highest BCUT2D eigenvalue weighted by atomic mass is 16.4. The molecule has 0 bridgehead atoms. The second kappa shape index (κ2) is 4.95. The third-order valence-corrected chi connectivity index (χ3v) is 2.76. The number of anilines is 1. The maximum Gasteiger partial charge on any atom is 0.419 e. The minimum absolute atomic E-state index is 0.0416. The van der Waals surface area contributed by atoms with E-state index in [2.05, 4.69) is 5.32 Å². The van der Waals surface area contributed by atoms with Crippen LogP contribution in [0, 0.1) is 0 Å². The Morgan fingerprint density at radius 1 is 1.50 bits per heavy atom. The van der Waals surface area contributed by atoms with E-state index in [-0.39, 0.29) is 5.91 Å². The second-order valence-electron chi connectivity index (χ2n) is 4.02. The van der Waals surface area contributed by atoms with Gasteiger partial charge in [-0.25, -0.2) is 4.79 Å². The maximum absolute atomic E-state index is 11.7. The number of hydrogen-bond donors (Lipinski definition) is 2. The van der Waals surface area contributed by atoms with E-state index in [9.17, 15) is 9.59 Å². The number of nitrogens with one attached hydrogen (secondary N) is 1. The van der Waals surface area contributed by atoms with Crippen molar-refractivity contribution in [2.45, 2.75) is 19.4 Å². The Balaban J connectivity index is 2.20. The van der Waals surface area contributed by atoms with Crippen LogP contribution in [0.4, 0.5) is 5.69 Å². The number of aromatic nitrogens is 1. The lowest BCUT2D eigenvalue weighted by atomic mass is 10.2. The minimum atomic E-state index is -0.424. The first-order valence-electron chi connectivity index (χ1n) is 5.71. The molecule has 6 nitrogen and oxygen atoms in total. The SMILES string of the molecule is CNC(=O)CCCn1c(=O)oc2cc(N)ccc21. The number of carbonyl (C=O) groups is 1. The number of oxazole rings is 1. The van der Waals surface area contributed by atoms with Gasteiger partial charge in [0, 0.05) is 31.8 Å². The maximum atomic E-state index is 11.7. The molecule has 0 aliphatic rings. The van der Waals surface area contributed by atoms with Gasteiger partial charge in [-0.3, -0.25) is 9.36 Å². The summed E-state index contributed by atoms with van der Waals surface area (Å²) in [5.74, 6) is -0.465. The largest absolute Gasteiger partial charge is 0.419 e. The van der Waals surface area contributed by atoms with Crippen LogP contribution >= 0.6 is 0 Å². The number of rotatable bonds is 4. The Hall–Kier alpha value is -2.24. The van der Waals surface area contributed by atoms with E-state index in [1.807, 2.05) is 0 Å². The van der Waals surface area contributed by atoms with E-state index >= 15 is 0 Å². The molecule has 2 rings (SSSR count). The van der Waals surface area contributed by atoms with Gasteiger partial charge in [-0.05, 0) is 18.6 Å². The zero-order valence-corrected chi connectivity index (χ0v) is 10.1. The highest BCUT2D eigenvalue weighted by Crippen LogP contribution is 2.16. The first-order valence-corrected chi connectivity index (χ1v) is 5.71. The summed E-state index contributed by atoms with van der Waals surface area (Å²) in [6.07, 6.45) is 0.961. The van der Waals surface area contributed by atoms with Gasteiger partial charge >= 0.3 is 5.76 Å². The van der Waals surface area contributed by atoms with Gasteiger partial charge in [0.25, 0.3) is 0 Å². The molecule has 0 atom stereocenters. The number of hydrogen-bond acceptors (Lipinski definition) is 4. The van der Waals surface area contributed by atoms with Gasteiger partial charge in [0.2, 0.25) is 5.91 Å². The van der Waals surface area contributed by atoms with E-state index in [1.165, 1.54) is 4.57 Å². The standard InChI is InChI=1S/C12H15N3O3/c1-14-11(16)3-2-6-15-9-5-4-8(13)7-10(9)18-12(15)17/h4-5,7H,2-3,6,13H2,1H3,(H,14,16). The van der Waals surface area contributed by atoms with E-state index in [0.29, 0.717) is 36.2 Å². The van der Waals surface area contributed by atoms with Crippen LogP contribution in [-0.2, 0) is 11.3 Å². The van der Waals surface area contributed by atoms with Crippen molar-refractivity contribution >= 4 is 22.7 Å². The topological polar surface area (TPSA) is 90.3 Å². The molecule has 0 saturated carbocycles. The van der Waals surface area contributed by atoms with Crippen LogP contribution in [0.15, 0.2) is 27.4 Å². The highest BCUT2D eigenvalue weighted by molar-refractivity contribution is 5.77. The zero-order valence-electron chi connectivity index (χ0n) is 10.1. The smallest absolute Gasteiger partial charge is 0.408 e. The Bertz CT molecular complexity index is 627. The van der Waals surface area contributed by atoms with Crippen molar-refractivity contribution in [3.63, 3.8) is 0 Å². The second-order valence-corrected chi connectivity index (χ2v) is 4.02. The number of fused-ring (bicyclic) bond motifs is 1. The fraction of sp³-hybridized carbons (Fsp3) is 0.333. The van der Waals surface area contributed by atoms with E-state index in [1.54, 1.807) is 25.2 Å². The Morgan fingerprint density at radius 2 is 2.28 bits per heavy atom. The molecule has 18 heavy (non-hydrogen) atoms. The number of benzene rings is 1. The van der Waals surface area contributed by atoms with Crippen LogP contribution in [0.5, 0.6) is 0 Å². The van der Waals surface area contributed by atoms with Gasteiger partial charge in [-0.15, -0.1) is 0 Å². The molecule has 1 aromatic heterocycles. The van der Waals surface area contributed by atoms with Crippen molar-refractivity contribution in [3.05, 3.63) is 28.7 Å². The summed E-state index contributed by atoms with van der Waals surface area (Å²) < 4.78 is 6.60. The predicted molar refractivity (Wildman–Crippen MR) is 68.2 cm³/mol. The average Bonchev–Trinajstić information content (AvgIpc) is 2.64.